The highest BCUT2D eigenvalue weighted by molar-refractivity contribution is 5.79. The monoisotopic (exact) mass is 387 g/mol. The van der Waals surface area contributed by atoms with Gasteiger partial charge < -0.3 is 9.80 Å². The predicted molar refractivity (Wildman–Crippen MR) is 113 cm³/mol. The van der Waals surface area contributed by atoms with Crippen molar-refractivity contribution in [2.24, 2.45) is 5.92 Å². The van der Waals surface area contributed by atoms with E-state index in [2.05, 4.69) is 32.2 Å². The summed E-state index contributed by atoms with van der Waals surface area (Å²) in [5, 5.41) is 8.74. The van der Waals surface area contributed by atoms with E-state index in [4.69, 9.17) is 0 Å². The molecule has 3 aromatic rings. The zero-order chi connectivity index (χ0) is 20.1. The molecule has 4 rings (SSSR count). The molecular formula is C23H25N5O. The van der Waals surface area contributed by atoms with Crippen molar-refractivity contribution in [3.63, 3.8) is 0 Å². The van der Waals surface area contributed by atoms with Gasteiger partial charge in [-0.1, -0.05) is 30.3 Å². The zero-order valence-electron chi connectivity index (χ0n) is 16.6. The normalized spacial score (nSPS) is 14.6. The molecule has 0 radical (unpaired) electrons. The van der Waals surface area contributed by atoms with Crippen LogP contribution in [0, 0.1) is 5.92 Å². The Bertz CT molecular complexity index is 923. The number of carbonyl (C=O) groups is 1. The predicted octanol–water partition coefficient (Wildman–Crippen LogP) is 3.41. The van der Waals surface area contributed by atoms with E-state index in [0.29, 0.717) is 6.54 Å². The van der Waals surface area contributed by atoms with Crippen molar-refractivity contribution < 1.29 is 4.79 Å². The lowest BCUT2D eigenvalue weighted by molar-refractivity contribution is -0.135. The van der Waals surface area contributed by atoms with E-state index in [-0.39, 0.29) is 11.8 Å². The topological polar surface area (TPSA) is 62.2 Å². The van der Waals surface area contributed by atoms with Crippen LogP contribution in [0.3, 0.4) is 0 Å². The third-order valence-corrected chi connectivity index (χ3v) is 5.41. The number of aromatic nitrogens is 3. The molecule has 1 saturated heterocycles. The summed E-state index contributed by atoms with van der Waals surface area (Å²) in [4.78, 5) is 21.0. The SMILES string of the molecule is CN(Cc1ccccc1)C(=O)C1CCN(c2ccc(-c3cccnc3)nn2)CC1. The highest BCUT2D eigenvalue weighted by Crippen LogP contribution is 2.24. The van der Waals surface area contributed by atoms with E-state index < -0.39 is 0 Å². The molecule has 2 aromatic heterocycles. The van der Waals surface area contributed by atoms with Gasteiger partial charge in [0.1, 0.15) is 0 Å². The maximum atomic E-state index is 12.8. The Labute approximate surface area is 171 Å². The lowest BCUT2D eigenvalue weighted by Gasteiger charge is -2.33. The van der Waals surface area contributed by atoms with Gasteiger partial charge in [0.05, 0.1) is 5.69 Å². The Morgan fingerprint density at radius 2 is 1.83 bits per heavy atom. The molecule has 1 aliphatic rings. The molecule has 0 spiro atoms. The number of amides is 1. The standard InChI is InChI=1S/C23H25N5O/c1-27(17-18-6-3-2-4-7-18)23(29)19-11-14-28(15-12-19)22-10-9-21(25-26-22)20-8-5-13-24-16-20/h2-10,13,16,19H,11-12,14-15,17H2,1H3. The maximum Gasteiger partial charge on any atom is 0.225 e. The van der Waals surface area contributed by atoms with Crippen LogP contribution in [0.4, 0.5) is 5.82 Å². The zero-order valence-corrected chi connectivity index (χ0v) is 16.6. The van der Waals surface area contributed by atoms with Gasteiger partial charge in [-0.05, 0) is 42.7 Å². The Kier molecular flexibility index (Phi) is 5.79. The van der Waals surface area contributed by atoms with Crippen LogP contribution in [0.2, 0.25) is 0 Å². The first-order valence-corrected chi connectivity index (χ1v) is 9.98. The summed E-state index contributed by atoms with van der Waals surface area (Å²) in [5.41, 5.74) is 2.93. The average molecular weight is 387 g/mol. The molecule has 0 saturated carbocycles. The summed E-state index contributed by atoms with van der Waals surface area (Å²) in [5.74, 6) is 1.16. The molecule has 1 aliphatic heterocycles. The molecule has 3 heterocycles. The van der Waals surface area contributed by atoms with Crippen LogP contribution in [0.5, 0.6) is 0 Å². The summed E-state index contributed by atoms with van der Waals surface area (Å²) in [7, 11) is 1.89. The Balaban J connectivity index is 1.32. The van der Waals surface area contributed by atoms with Gasteiger partial charge in [0.25, 0.3) is 0 Å². The van der Waals surface area contributed by atoms with Crippen LogP contribution in [-0.4, -0.2) is 46.1 Å². The number of rotatable bonds is 5. The van der Waals surface area contributed by atoms with Crippen molar-refractivity contribution >= 4 is 11.7 Å². The third kappa shape index (κ3) is 4.59. The van der Waals surface area contributed by atoms with Crippen LogP contribution in [-0.2, 0) is 11.3 Å². The smallest absolute Gasteiger partial charge is 0.225 e. The molecule has 29 heavy (non-hydrogen) atoms. The fraction of sp³-hybridized carbons (Fsp3) is 0.304. The van der Waals surface area contributed by atoms with Gasteiger partial charge in [-0.15, -0.1) is 10.2 Å². The van der Waals surface area contributed by atoms with E-state index in [9.17, 15) is 4.79 Å². The fourth-order valence-corrected chi connectivity index (χ4v) is 3.76. The average Bonchev–Trinajstić information content (AvgIpc) is 2.80. The van der Waals surface area contributed by atoms with Crippen molar-refractivity contribution in [1.29, 1.82) is 0 Å². The van der Waals surface area contributed by atoms with Gasteiger partial charge in [0, 0.05) is 50.6 Å². The lowest BCUT2D eigenvalue weighted by atomic mass is 9.95. The van der Waals surface area contributed by atoms with Gasteiger partial charge in [0.2, 0.25) is 5.91 Å². The Hall–Kier alpha value is -3.28. The van der Waals surface area contributed by atoms with Gasteiger partial charge in [-0.25, -0.2) is 0 Å². The molecular weight excluding hydrogens is 362 g/mol. The van der Waals surface area contributed by atoms with E-state index >= 15 is 0 Å². The minimum Gasteiger partial charge on any atom is -0.355 e. The van der Waals surface area contributed by atoms with E-state index in [1.807, 2.05) is 54.4 Å². The van der Waals surface area contributed by atoms with Crippen LogP contribution < -0.4 is 4.90 Å². The van der Waals surface area contributed by atoms with Crippen molar-refractivity contribution in [3.05, 3.63) is 72.6 Å². The first-order valence-electron chi connectivity index (χ1n) is 9.98. The molecule has 0 bridgehead atoms. The largest absolute Gasteiger partial charge is 0.355 e. The number of carbonyl (C=O) groups excluding carboxylic acids is 1. The number of anilines is 1. The summed E-state index contributed by atoms with van der Waals surface area (Å²) in [6, 6.07) is 18.0. The van der Waals surface area contributed by atoms with Gasteiger partial charge in [0.15, 0.2) is 5.82 Å². The summed E-state index contributed by atoms with van der Waals surface area (Å²) < 4.78 is 0. The molecule has 0 aliphatic carbocycles. The minimum atomic E-state index is 0.0718. The van der Waals surface area contributed by atoms with Gasteiger partial charge in [-0.3, -0.25) is 9.78 Å². The van der Waals surface area contributed by atoms with Crippen molar-refractivity contribution in [2.75, 3.05) is 25.0 Å². The molecule has 1 aromatic carbocycles. The number of pyridine rings is 1. The van der Waals surface area contributed by atoms with E-state index in [1.165, 1.54) is 0 Å². The summed E-state index contributed by atoms with van der Waals surface area (Å²) in [6.45, 7) is 2.29. The second-order valence-corrected chi connectivity index (χ2v) is 7.46. The fourth-order valence-electron chi connectivity index (χ4n) is 3.76. The van der Waals surface area contributed by atoms with E-state index in [1.54, 1.807) is 12.4 Å². The molecule has 6 heteroatoms. The molecule has 1 fully saturated rings. The maximum absolute atomic E-state index is 12.8. The molecule has 148 valence electrons. The highest BCUT2D eigenvalue weighted by Gasteiger charge is 2.27. The summed E-state index contributed by atoms with van der Waals surface area (Å²) in [6.07, 6.45) is 5.20. The Morgan fingerprint density at radius 1 is 1.03 bits per heavy atom. The first kappa shape index (κ1) is 19.1. The highest BCUT2D eigenvalue weighted by atomic mass is 16.2. The van der Waals surface area contributed by atoms with Crippen molar-refractivity contribution in [2.45, 2.75) is 19.4 Å². The number of hydrogen-bond acceptors (Lipinski definition) is 5. The lowest BCUT2D eigenvalue weighted by Crippen LogP contribution is -2.41. The number of hydrogen-bond donors (Lipinski definition) is 0. The van der Waals surface area contributed by atoms with Crippen LogP contribution >= 0.6 is 0 Å². The molecule has 0 N–H and O–H groups in total. The van der Waals surface area contributed by atoms with Crippen molar-refractivity contribution in [1.82, 2.24) is 20.1 Å². The Morgan fingerprint density at radius 3 is 2.48 bits per heavy atom. The third-order valence-electron chi connectivity index (χ3n) is 5.41. The molecule has 1 amide bonds. The number of piperidine rings is 1. The minimum absolute atomic E-state index is 0.0718. The van der Waals surface area contributed by atoms with Crippen LogP contribution in [0.25, 0.3) is 11.3 Å². The molecule has 0 unspecified atom stereocenters. The number of benzene rings is 1. The molecule has 6 nitrogen and oxygen atoms in total. The van der Waals surface area contributed by atoms with E-state index in [0.717, 1.165) is 48.6 Å². The second-order valence-electron chi connectivity index (χ2n) is 7.46. The van der Waals surface area contributed by atoms with Crippen LogP contribution in [0.1, 0.15) is 18.4 Å². The summed E-state index contributed by atoms with van der Waals surface area (Å²) >= 11 is 0. The molecule has 0 atom stereocenters. The number of nitrogens with zero attached hydrogens (tertiary/aromatic N) is 5. The second kappa shape index (κ2) is 8.82. The van der Waals surface area contributed by atoms with Crippen molar-refractivity contribution in [3.8, 4) is 11.3 Å². The van der Waals surface area contributed by atoms with Gasteiger partial charge in [-0.2, -0.15) is 0 Å². The quantitative estimate of drug-likeness (QED) is 0.671. The van der Waals surface area contributed by atoms with Gasteiger partial charge >= 0.3 is 0 Å². The first-order chi connectivity index (χ1) is 14.2. The van der Waals surface area contributed by atoms with Crippen LogP contribution in [0.15, 0.2) is 67.0 Å².